The molecule has 0 radical (unpaired) electrons. The number of hydrogen-bond acceptors (Lipinski definition) is 2. The average Bonchev–Trinajstić information content (AvgIpc) is 2.77. The zero-order valence-electron chi connectivity index (χ0n) is 8.79. The Labute approximate surface area is 97.7 Å². The number of amides is 1. The third kappa shape index (κ3) is 3.40. The number of Topliss-reactive ketones (excluding diaryl/α,β-unsaturated/α-hetero) is 1. The van der Waals surface area contributed by atoms with Crippen LogP contribution in [0.4, 0.5) is 8.78 Å². The number of ketones is 1. The van der Waals surface area contributed by atoms with Crippen molar-refractivity contribution in [2.75, 3.05) is 12.4 Å². The van der Waals surface area contributed by atoms with Crippen molar-refractivity contribution in [3.05, 3.63) is 0 Å². The Kier molecular flexibility index (Phi) is 5.12. The van der Waals surface area contributed by atoms with Crippen LogP contribution in [0.25, 0.3) is 0 Å². The highest BCUT2D eigenvalue weighted by Gasteiger charge is 2.32. The Morgan fingerprint density at radius 2 is 1.88 bits per heavy atom. The zero-order chi connectivity index (χ0) is 12.1. The molecular formula is C10H14ClF2NO2. The highest BCUT2D eigenvalue weighted by atomic mass is 35.5. The van der Waals surface area contributed by atoms with Gasteiger partial charge in [0.2, 0.25) is 0 Å². The maximum atomic E-state index is 12.4. The lowest BCUT2D eigenvalue weighted by molar-refractivity contribution is -0.147. The molecule has 6 heteroatoms. The first-order valence-corrected chi connectivity index (χ1v) is 5.76. The van der Waals surface area contributed by atoms with E-state index in [0.717, 1.165) is 17.7 Å². The molecule has 0 spiro atoms. The Morgan fingerprint density at radius 1 is 1.31 bits per heavy atom. The molecule has 0 aromatic rings. The molecule has 1 saturated carbocycles. The minimum Gasteiger partial charge on any atom is -0.327 e. The van der Waals surface area contributed by atoms with Crippen LogP contribution in [0.1, 0.15) is 25.7 Å². The van der Waals surface area contributed by atoms with Crippen molar-refractivity contribution in [3.8, 4) is 0 Å². The summed E-state index contributed by atoms with van der Waals surface area (Å²) in [4.78, 5) is 23.4. The van der Waals surface area contributed by atoms with Gasteiger partial charge in [-0.05, 0) is 12.8 Å². The van der Waals surface area contributed by atoms with E-state index < -0.39 is 18.1 Å². The van der Waals surface area contributed by atoms with E-state index in [9.17, 15) is 18.4 Å². The molecule has 0 aromatic carbocycles. The lowest BCUT2D eigenvalue weighted by Crippen LogP contribution is -2.45. The Morgan fingerprint density at radius 3 is 2.31 bits per heavy atom. The molecule has 0 unspecified atom stereocenters. The van der Waals surface area contributed by atoms with Crippen molar-refractivity contribution in [2.45, 2.75) is 38.2 Å². The summed E-state index contributed by atoms with van der Waals surface area (Å²) in [6.07, 6.45) is 0.144. The largest absolute Gasteiger partial charge is 0.327 e. The second kappa shape index (κ2) is 6.13. The summed E-state index contributed by atoms with van der Waals surface area (Å²) in [5.41, 5.74) is 0. The Bertz CT molecular complexity index is 268. The van der Waals surface area contributed by atoms with Crippen LogP contribution >= 0.6 is 11.6 Å². The van der Waals surface area contributed by atoms with Gasteiger partial charge in [0.1, 0.15) is 0 Å². The van der Waals surface area contributed by atoms with E-state index in [0.29, 0.717) is 12.8 Å². The molecular weight excluding hydrogens is 240 g/mol. The van der Waals surface area contributed by atoms with E-state index in [2.05, 4.69) is 0 Å². The van der Waals surface area contributed by atoms with E-state index >= 15 is 0 Å². The van der Waals surface area contributed by atoms with Gasteiger partial charge >= 0.3 is 6.43 Å². The molecule has 0 saturated heterocycles. The fourth-order valence-corrected chi connectivity index (χ4v) is 2.05. The van der Waals surface area contributed by atoms with Gasteiger partial charge in [0.15, 0.2) is 5.78 Å². The zero-order valence-corrected chi connectivity index (χ0v) is 9.55. The molecule has 0 bridgehead atoms. The third-order valence-corrected chi connectivity index (χ3v) is 3.03. The van der Waals surface area contributed by atoms with Crippen LogP contribution in [-0.2, 0) is 9.59 Å². The first-order chi connectivity index (χ1) is 7.56. The van der Waals surface area contributed by atoms with Crippen LogP contribution < -0.4 is 0 Å². The molecule has 0 atom stereocenters. The number of carbonyl (C=O) groups excluding carboxylic acids is 2. The Balaban J connectivity index is 2.67. The van der Waals surface area contributed by atoms with Gasteiger partial charge in [-0.25, -0.2) is 0 Å². The molecule has 1 fully saturated rings. The third-order valence-electron chi connectivity index (χ3n) is 2.73. The molecule has 1 rings (SSSR count). The number of alkyl halides is 3. The Hall–Kier alpha value is -0.710. The van der Waals surface area contributed by atoms with Crippen LogP contribution in [-0.4, -0.2) is 41.5 Å². The van der Waals surface area contributed by atoms with Gasteiger partial charge in [0.25, 0.3) is 5.91 Å². The molecule has 0 N–H and O–H groups in total. The molecule has 0 aromatic heterocycles. The van der Waals surface area contributed by atoms with E-state index in [-0.39, 0.29) is 18.5 Å². The summed E-state index contributed by atoms with van der Waals surface area (Å²) >= 11 is 5.31. The van der Waals surface area contributed by atoms with Gasteiger partial charge in [-0.2, -0.15) is 8.78 Å². The number of hydrogen-bond donors (Lipinski definition) is 0. The monoisotopic (exact) mass is 253 g/mol. The summed E-state index contributed by atoms with van der Waals surface area (Å²) in [5, 5.41) is 0. The van der Waals surface area contributed by atoms with E-state index in [1.165, 1.54) is 0 Å². The standard InChI is InChI=1S/C10H14ClF2NO2/c11-5-8(15)6-14(10(16)9(12)13)7-3-1-2-4-7/h7,9H,1-6H2. The van der Waals surface area contributed by atoms with E-state index in [1.807, 2.05) is 0 Å². The quantitative estimate of drug-likeness (QED) is 0.701. The lowest BCUT2D eigenvalue weighted by atomic mass is 10.2. The molecule has 0 aliphatic heterocycles. The van der Waals surface area contributed by atoms with Crippen LogP contribution in [0.5, 0.6) is 0 Å². The van der Waals surface area contributed by atoms with Crippen molar-refractivity contribution in [2.24, 2.45) is 0 Å². The first-order valence-electron chi connectivity index (χ1n) is 5.22. The minimum absolute atomic E-state index is 0.228. The van der Waals surface area contributed by atoms with E-state index in [1.54, 1.807) is 0 Å². The van der Waals surface area contributed by atoms with Gasteiger partial charge in [-0.1, -0.05) is 12.8 Å². The molecule has 3 nitrogen and oxygen atoms in total. The van der Waals surface area contributed by atoms with Crippen molar-refractivity contribution in [3.63, 3.8) is 0 Å². The van der Waals surface area contributed by atoms with E-state index in [4.69, 9.17) is 11.6 Å². The summed E-state index contributed by atoms with van der Waals surface area (Å²) in [6, 6.07) is -0.228. The molecule has 16 heavy (non-hydrogen) atoms. The highest BCUT2D eigenvalue weighted by Crippen LogP contribution is 2.24. The van der Waals surface area contributed by atoms with Gasteiger partial charge in [-0.15, -0.1) is 11.6 Å². The SMILES string of the molecule is O=C(CCl)CN(C(=O)C(F)F)C1CCCC1. The summed E-state index contributed by atoms with van der Waals surface area (Å²) in [7, 11) is 0. The van der Waals surface area contributed by atoms with Crippen molar-refractivity contribution < 1.29 is 18.4 Å². The molecule has 1 aliphatic rings. The maximum absolute atomic E-state index is 12.4. The molecule has 1 aliphatic carbocycles. The number of rotatable bonds is 5. The second-order valence-corrected chi connectivity index (χ2v) is 4.14. The van der Waals surface area contributed by atoms with Crippen LogP contribution in [0.15, 0.2) is 0 Å². The van der Waals surface area contributed by atoms with Gasteiger partial charge in [0.05, 0.1) is 12.4 Å². The predicted octanol–water partition coefficient (Wildman–Crippen LogP) is 1.83. The smallest absolute Gasteiger partial charge is 0.315 e. The summed E-state index contributed by atoms with van der Waals surface area (Å²) < 4.78 is 24.7. The van der Waals surface area contributed by atoms with Crippen LogP contribution in [0, 0.1) is 0 Å². The van der Waals surface area contributed by atoms with Gasteiger partial charge < -0.3 is 4.90 Å². The topological polar surface area (TPSA) is 37.4 Å². The average molecular weight is 254 g/mol. The van der Waals surface area contributed by atoms with Crippen molar-refractivity contribution >= 4 is 23.3 Å². The lowest BCUT2D eigenvalue weighted by Gasteiger charge is -2.27. The molecule has 92 valence electrons. The predicted molar refractivity (Wildman–Crippen MR) is 55.7 cm³/mol. The maximum Gasteiger partial charge on any atom is 0.315 e. The normalized spacial score (nSPS) is 16.8. The first kappa shape index (κ1) is 13.4. The van der Waals surface area contributed by atoms with Crippen LogP contribution in [0.2, 0.25) is 0 Å². The highest BCUT2D eigenvalue weighted by molar-refractivity contribution is 6.28. The summed E-state index contributed by atoms with van der Waals surface area (Å²) in [5.74, 6) is -1.91. The van der Waals surface area contributed by atoms with Gasteiger partial charge in [0, 0.05) is 6.04 Å². The number of halogens is 3. The van der Waals surface area contributed by atoms with Crippen LogP contribution in [0.3, 0.4) is 0 Å². The van der Waals surface area contributed by atoms with Crippen molar-refractivity contribution in [1.29, 1.82) is 0 Å². The molecule has 1 amide bonds. The summed E-state index contributed by atoms with van der Waals surface area (Å²) in [6.45, 7) is -0.294. The van der Waals surface area contributed by atoms with Gasteiger partial charge in [-0.3, -0.25) is 9.59 Å². The minimum atomic E-state index is -3.05. The number of nitrogens with zero attached hydrogens (tertiary/aromatic N) is 1. The fourth-order valence-electron chi connectivity index (χ4n) is 1.96. The fraction of sp³-hybridized carbons (Fsp3) is 0.800. The molecule has 0 heterocycles. The number of carbonyl (C=O) groups is 2. The second-order valence-electron chi connectivity index (χ2n) is 3.88. The van der Waals surface area contributed by atoms with Crippen molar-refractivity contribution in [1.82, 2.24) is 4.90 Å².